The summed E-state index contributed by atoms with van der Waals surface area (Å²) in [5.74, 6) is 0.849. The van der Waals surface area contributed by atoms with Gasteiger partial charge in [-0.25, -0.2) is 0 Å². The molecule has 2 aromatic rings. The van der Waals surface area contributed by atoms with Crippen molar-refractivity contribution < 1.29 is 23.8 Å². The third-order valence-corrected chi connectivity index (χ3v) is 4.28. The van der Waals surface area contributed by atoms with Crippen molar-refractivity contribution in [3.05, 3.63) is 59.2 Å². The van der Waals surface area contributed by atoms with Gasteiger partial charge in [0.15, 0.2) is 23.2 Å². The number of carbonyl (C=O) groups excluding carboxylic acids is 2. The summed E-state index contributed by atoms with van der Waals surface area (Å²) in [4.78, 5) is 23.9. The maximum Gasteiger partial charge on any atom is 0.276 e. The van der Waals surface area contributed by atoms with Crippen LogP contribution >= 0.6 is 12.2 Å². The van der Waals surface area contributed by atoms with E-state index in [4.69, 9.17) is 26.4 Å². The molecule has 8 nitrogen and oxygen atoms in total. The number of aryl methyl sites for hydroxylation is 2. The van der Waals surface area contributed by atoms with E-state index in [2.05, 4.69) is 16.2 Å². The summed E-state index contributed by atoms with van der Waals surface area (Å²) in [6.45, 7) is 3.68. The first kappa shape index (κ1) is 23.7. The topological polar surface area (TPSA) is 97.9 Å². The third-order valence-electron chi connectivity index (χ3n) is 4.08. The highest BCUT2D eigenvalue weighted by molar-refractivity contribution is 7.80. The molecule has 0 aliphatic carbocycles. The van der Waals surface area contributed by atoms with Crippen molar-refractivity contribution in [1.29, 1.82) is 0 Å². The number of nitrogens with one attached hydrogen (secondary N) is 3. The minimum Gasteiger partial charge on any atom is -0.493 e. The van der Waals surface area contributed by atoms with Crippen LogP contribution in [-0.2, 0) is 9.59 Å². The van der Waals surface area contributed by atoms with Crippen molar-refractivity contribution in [2.75, 3.05) is 20.8 Å². The molecular weight excluding hydrogens is 418 g/mol. The quantitative estimate of drug-likeness (QED) is 0.343. The molecule has 0 fully saturated rings. The Kier molecular flexibility index (Phi) is 8.83. The SMILES string of the molecule is COc1ccc(/C=C/C(=O)NC(=S)NNC(=O)COc2ccc(C)cc2C)cc1OC. The van der Waals surface area contributed by atoms with E-state index in [0.29, 0.717) is 17.2 Å². The van der Waals surface area contributed by atoms with Gasteiger partial charge in [-0.1, -0.05) is 23.8 Å². The van der Waals surface area contributed by atoms with E-state index in [-0.39, 0.29) is 11.7 Å². The van der Waals surface area contributed by atoms with E-state index in [1.165, 1.54) is 13.2 Å². The lowest BCUT2D eigenvalue weighted by molar-refractivity contribution is -0.123. The van der Waals surface area contributed by atoms with Crippen LogP contribution < -0.4 is 30.4 Å². The number of ether oxygens (including phenoxy) is 3. The van der Waals surface area contributed by atoms with Gasteiger partial charge in [0.1, 0.15) is 5.75 Å². The monoisotopic (exact) mass is 443 g/mol. The lowest BCUT2D eigenvalue weighted by atomic mass is 10.1. The Morgan fingerprint density at radius 3 is 2.35 bits per heavy atom. The number of methoxy groups -OCH3 is 2. The van der Waals surface area contributed by atoms with Crippen molar-refractivity contribution in [2.45, 2.75) is 13.8 Å². The number of carbonyl (C=O) groups is 2. The van der Waals surface area contributed by atoms with Crippen LogP contribution in [0.5, 0.6) is 17.2 Å². The average Bonchev–Trinajstić information content (AvgIpc) is 2.75. The number of hydrogen-bond acceptors (Lipinski definition) is 6. The lowest BCUT2D eigenvalue weighted by Crippen LogP contribution is -2.49. The van der Waals surface area contributed by atoms with Crippen LogP contribution in [0.4, 0.5) is 0 Å². The second-order valence-electron chi connectivity index (χ2n) is 6.50. The predicted molar refractivity (Wildman–Crippen MR) is 122 cm³/mol. The Hall–Kier alpha value is -3.59. The molecule has 0 aliphatic rings. The zero-order valence-electron chi connectivity index (χ0n) is 17.8. The molecule has 164 valence electrons. The zero-order valence-corrected chi connectivity index (χ0v) is 18.6. The second kappa shape index (κ2) is 11.6. The summed E-state index contributed by atoms with van der Waals surface area (Å²) in [5.41, 5.74) is 7.60. The maximum atomic E-state index is 12.0. The van der Waals surface area contributed by atoms with Gasteiger partial charge in [0.25, 0.3) is 5.91 Å². The van der Waals surface area contributed by atoms with Gasteiger partial charge in [0.2, 0.25) is 5.91 Å². The first-order chi connectivity index (χ1) is 14.8. The van der Waals surface area contributed by atoms with Crippen molar-refractivity contribution in [1.82, 2.24) is 16.2 Å². The van der Waals surface area contributed by atoms with E-state index in [0.717, 1.165) is 16.7 Å². The molecule has 2 aromatic carbocycles. The number of rotatable bonds is 7. The molecular formula is C22H25N3O5S. The minimum atomic E-state index is -0.465. The van der Waals surface area contributed by atoms with E-state index in [1.54, 1.807) is 37.5 Å². The Morgan fingerprint density at radius 2 is 1.68 bits per heavy atom. The van der Waals surface area contributed by atoms with Gasteiger partial charge in [-0.3, -0.25) is 25.8 Å². The number of thiocarbonyl (C=S) groups is 1. The van der Waals surface area contributed by atoms with Gasteiger partial charge in [0, 0.05) is 6.08 Å². The third kappa shape index (κ3) is 7.63. The van der Waals surface area contributed by atoms with E-state index < -0.39 is 11.8 Å². The van der Waals surface area contributed by atoms with Gasteiger partial charge < -0.3 is 14.2 Å². The molecule has 0 unspecified atom stereocenters. The fourth-order valence-electron chi connectivity index (χ4n) is 2.58. The van der Waals surface area contributed by atoms with Crippen LogP contribution in [0, 0.1) is 13.8 Å². The maximum absolute atomic E-state index is 12.0. The highest BCUT2D eigenvalue weighted by Crippen LogP contribution is 2.27. The largest absolute Gasteiger partial charge is 0.493 e. The lowest BCUT2D eigenvalue weighted by Gasteiger charge is -2.12. The number of hydrazine groups is 1. The van der Waals surface area contributed by atoms with Gasteiger partial charge in [-0.15, -0.1) is 0 Å². The number of amides is 2. The van der Waals surface area contributed by atoms with Crippen LogP contribution in [0.2, 0.25) is 0 Å². The molecule has 0 saturated carbocycles. The first-order valence-electron chi connectivity index (χ1n) is 9.32. The average molecular weight is 444 g/mol. The number of hydrogen-bond donors (Lipinski definition) is 3. The van der Waals surface area contributed by atoms with Crippen molar-refractivity contribution in [2.24, 2.45) is 0 Å². The molecule has 0 aliphatic heterocycles. The molecule has 0 saturated heterocycles. The fourth-order valence-corrected chi connectivity index (χ4v) is 2.73. The van der Waals surface area contributed by atoms with Crippen LogP contribution in [0.3, 0.4) is 0 Å². The predicted octanol–water partition coefficient (Wildman–Crippen LogP) is 2.43. The number of benzene rings is 2. The molecule has 31 heavy (non-hydrogen) atoms. The molecule has 0 radical (unpaired) electrons. The summed E-state index contributed by atoms with van der Waals surface area (Å²) >= 11 is 5.00. The molecule has 0 heterocycles. The Bertz CT molecular complexity index is 991. The Balaban J connectivity index is 1.76. The smallest absolute Gasteiger partial charge is 0.276 e. The zero-order chi connectivity index (χ0) is 22.8. The Morgan fingerprint density at radius 1 is 0.968 bits per heavy atom. The molecule has 9 heteroatoms. The van der Waals surface area contributed by atoms with Gasteiger partial charge in [-0.05, 0) is 61.5 Å². The van der Waals surface area contributed by atoms with E-state index in [1.807, 2.05) is 26.0 Å². The van der Waals surface area contributed by atoms with Crippen molar-refractivity contribution in [3.63, 3.8) is 0 Å². The van der Waals surface area contributed by atoms with Gasteiger partial charge >= 0.3 is 0 Å². The van der Waals surface area contributed by atoms with Crippen LogP contribution in [0.1, 0.15) is 16.7 Å². The summed E-state index contributed by atoms with van der Waals surface area (Å²) in [6, 6.07) is 10.9. The molecule has 3 N–H and O–H groups in total. The van der Waals surface area contributed by atoms with Crippen LogP contribution in [-0.4, -0.2) is 37.8 Å². The summed E-state index contributed by atoms with van der Waals surface area (Å²) in [5, 5.41) is 2.38. The molecule has 2 rings (SSSR count). The fraction of sp³-hybridized carbons (Fsp3) is 0.227. The minimum absolute atomic E-state index is 0.0539. The molecule has 0 aromatic heterocycles. The van der Waals surface area contributed by atoms with Gasteiger partial charge in [0.05, 0.1) is 14.2 Å². The van der Waals surface area contributed by atoms with Gasteiger partial charge in [-0.2, -0.15) is 0 Å². The normalized spacial score (nSPS) is 10.3. The molecule has 0 bridgehead atoms. The van der Waals surface area contributed by atoms with Crippen LogP contribution in [0.15, 0.2) is 42.5 Å². The first-order valence-corrected chi connectivity index (χ1v) is 9.73. The summed E-state index contributed by atoms with van der Waals surface area (Å²) < 4.78 is 15.9. The molecule has 0 atom stereocenters. The van der Waals surface area contributed by atoms with E-state index in [9.17, 15) is 9.59 Å². The highest BCUT2D eigenvalue weighted by atomic mass is 32.1. The highest BCUT2D eigenvalue weighted by Gasteiger charge is 2.07. The standard InChI is InChI=1S/C22H25N3O5S/c1-14-5-8-17(15(2)11-14)30-13-21(27)24-25-22(31)23-20(26)10-7-16-6-9-18(28-3)19(12-16)29-4/h5-12H,13H2,1-4H3,(H,24,27)(H2,23,25,26,31)/b10-7+. The Labute approximate surface area is 186 Å². The van der Waals surface area contributed by atoms with E-state index >= 15 is 0 Å². The van der Waals surface area contributed by atoms with Crippen molar-refractivity contribution in [3.8, 4) is 17.2 Å². The molecule has 0 spiro atoms. The second-order valence-corrected chi connectivity index (χ2v) is 6.91. The van der Waals surface area contributed by atoms with Crippen LogP contribution in [0.25, 0.3) is 6.08 Å². The van der Waals surface area contributed by atoms with Crippen molar-refractivity contribution >= 4 is 35.2 Å². The summed E-state index contributed by atoms with van der Waals surface area (Å²) in [6.07, 6.45) is 2.90. The summed E-state index contributed by atoms with van der Waals surface area (Å²) in [7, 11) is 3.08. The molecule has 2 amide bonds.